The summed E-state index contributed by atoms with van der Waals surface area (Å²) in [6.07, 6.45) is -32.8. The molecule has 43 nitrogen and oxygen atoms in total. The average Bonchev–Trinajstić information content (AvgIpc) is 0.736. The van der Waals surface area contributed by atoms with Crippen LogP contribution in [0, 0.1) is 0 Å². The van der Waals surface area contributed by atoms with Gasteiger partial charge in [-0.1, -0.05) is 180 Å². The zero-order valence-electron chi connectivity index (χ0n) is 75.4. The molecule has 0 unspecified atom stereocenters. The Morgan fingerprint density at radius 3 is 1.25 bits per heavy atom. The van der Waals surface area contributed by atoms with Crippen LogP contribution in [0.15, 0.2) is 22.1 Å². The molecule has 23 N–H and O–H groups in total. The summed E-state index contributed by atoms with van der Waals surface area (Å²) in [6.45, 7) is -1.01. The number of carboxylic acids is 2. The number of carboxylic acid groups (broad SMARTS) is 2. The molecule has 45 heteroatoms. The summed E-state index contributed by atoms with van der Waals surface area (Å²) >= 11 is 0. The first-order valence-electron chi connectivity index (χ1n) is 45.1. The van der Waals surface area contributed by atoms with Crippen LogP contribution in [0.25, 0.3) is 0 Å². The maximum Gasteiger partial charge on any atom is 1.00 e. The van der Waals surface area contributed by atoms with Gasteiger partial charge in [0.1, 0.15) is 146 Å². The predicted molar refractivity (Wildman–Crippen MR) is 438 cm³/mol. The molecule has 6 fully saturated rings. The fourth-order valence-corrected chi connectivity index (χ4v) is 16.8. The number of rotatable bonds is 59. The average molecular weight is 1880 g/mol. The summed E-state index contributed by atoms with van der Waals surface area (Å²) in [4.78, 5) is 62.0. The van der Waals surface area contributed by atoms with Gasteiger partial charge in [0.2, 0.25) is 11.8 Å². The number of hydrogen-bond donors (Lipinski definition) is 23. The maximum atomic E-state index is 14.0. The van der Waals surface area contributed by atoms with E-state index in [0.29, 0.717) is 12.8 Å². The number of aliphatic hydroxyl groups excluding tert-OH is 19. The first-order valence-corrected chi connectivity index (χ1v) is 45.1. The molecule has 6 heterocycles. The zero-order chi connectivity index (χ0) is 93.8. The summed E-state index contributed by atoms with van der Waals surface area (Å²) in [7, 11) is 0. The monoisotopic (exact) mass is 1880 g/mol. The van der Waals surface area contributed by atoms with Crippen molar-refractivity contribution in [3.05, 3.63) is 12.2 Å². The number of aliphatic hydroxyl groups is 19. The number of nitrogens with zero attached hydrogens (tertiary/aromatic N) is 2. The van der Waals surface area contributed by atoms with Crippen LogP contribution in [0.1, 0.15) is 227 Å². The van der Waals surface area contributed by atoms with Gasteiger partial charge < -0.3 is 185 Å². The Bertz CT molecular complexity index is 3240. The van der Waals surface area contributed by atoms with Crippen LogP contribution in [-0.2, 0) is 76.0 Å². The van der Waals surface area contributed by atoms with Crippen molar-refractivity contribution in [1.82, 2.24) is 10.6 Å². The van der Waals surface area contributed by atoms with E-state index in [4.69, 9.17) is 56.8 Å². The maximum absolute atomic E-state index is 14.0. The number of hydrogen-bond acceptors (Lipinski definition) is 39. The number of carbonyl (C=O) groups excluding carboxylic acids is 2. The van der Waals surface area contributed by atoms with Crippen molar-refractivity contribution in [3.8, 4) is 0 Å². The molecule has 0 spiro atoms. The van der Waals surface area contributed by atoms with Crippen LogP contribution in [0.2, 0.25) is 0 Å². The second kappa shape index (κ2) is 60.9. The second-order valence-corrected chi connectivity index (χ2v) is 34.1. The van der Waals surface area contributed by atoms with Crippen LogP contribution in [0.5, 0.6) is 0 Å². The molecular formula is C84H146N4Na2O39. The number of ether oxygens (including phenoxy) is 12. The molecule has 0 aliphatic carbocycles. The molecule has 0 aromatic heterocycles. The first-order chi connectivity index (χ1) is 60.6. The van der Waals surface area contributed by atoms with Gasteiger partial charge in [0, 0.05) is 26.2 Å². The van der Waals surface area contributed by atoms with Crippen molar-refractivity contribution in [2.75, 3.05) is 46.2 Å². The Hall–Kier alpha value is -2.68. The van der Waals surface area contributed by atoms with E-state index in [-0.39, 0.29) is 65.5 Å². The van der Waals surface area contributed by atoms with E-state index >= 15 is 0 Å². The van der Waals surface area contributed by atoms with Crippen molar-refractivity contribution >= 4 is 35.5 Å². The van der Waals surface area contributed by atoms with Crippen molar-refractivity contribution < 1.29 is 253 Å². The number of aliphatic carboxylic acids is 2. The third-order valence-electron chi connectivity index (χ3n) is 23.9. The molecule has 0 radical (unpaired) electrons. The fraction of sp³-hybridized carbons (Fsp3) is 0.905. The molecule has 6 aliphatic heterocycles. The Kier molecular flexibility index (Phi) is 56.0. The van der Waals surface area contributed by atoms with Gasteiger partial charge in [0.15, 0.2) is 25.2 Å². The van der Waals surface area contributed by atoms with Gasteiger partial charge in [-0.3, -0.25) is 19.6 Å². The van der Waals surface area contributed by atoms with E-state index in [1.165, 1.54) is 102 Å². The minimum Gasteiger partial charge on any atom is -0.862 e. The van der Waals surface area contributed by atoms with E-state index in [1.807, 2.05) is 0 Å². The summed E-state index contributed by atoms with van der Waals surface area (Å²) in [6, 6.07) is -7.20. The van der Waals surface area contributed by atoms with E-state index in [9.17, 15) is 137 Å². The predicted octanol–water partition coefficient (Wildman–Crippen LogP) is -10.6. The molecule has 0 aromatic carbocycles. The first kappa shape index (κ1) is 119. The molecule has 0 bridgehead atoms. The summed E-state index contributed by atoms with van der Waals surface area (Å²) in [5.74, 6) is -14.8. The van der Waals surface area contributed by atoms with E-state index in [2.05, 4.69) is 34.5 Å². The number of amides is 2. The van der Waals surface area contributed by atoms with Gasteiger partial charge in [-0.2, -0.15) is 0 Å². The zero-order valence-corrected chi connectivity index (χ0v) is 79.4. The van der Waals surface area contributed by atoms with Gasteiger partial charge in [-0.25, -0.2) is 9.59 Å². The molecule has 0 saturated carbocycles. The van der Waals surface area contributed by atoms with Crippen molar-refractivity contribution in [3.63, 3.8) is 0 Å². The second-order valence-electron chi connectivity index (χ2n) is 34.1. The summed E-state index contributed by atoms with van der Waals surface area (Å²) in [5.41, 5.74) is 0. The number of aliphatic imine (C=N–C) groups is 2. The molecule has 6 aliphatic rings. The fourth-order valence-electron chi connectivity index (χ4n) is 16.8. The molecule has 0 aromatic rings. The van der Waals surface area contributed by atoms with E-state index in [1.54, 1.807) is 6.08 Å². The quantitative estimate of drug-likeness (QED) is 0.00884. The van der Waals surface area contributed by atoms with Crippen LogP contribution in [0.3, 0.4) is 0 Å². The van der Waals surface area contributed by atoms with Gasteiger partial charge in [-0.15, -0.1) is 0 Å². The summed E-state index contributed by atoms with van der Waals surface area (Å²) in [5, 5.41) is 267. The van der Waals surface area contributed by atoms with Crippen molar-refractivity contribution in [1.29, 1.82) is 0 Å². The molecule has 6 rings (SSSR count). The Morgan fingerprint density at radius 2 is 0.829 bits per heavy atom. The third kappa shape index (κ3) is 35.3. The van der Waals surface area contributed by atoms with E-state index in [0.717, 1.165) is 85.0 Å². The van der Waals surface area contributed by atoms with Crippen LogP contribution in [0.4, 0.5) is 0 Å². The normalized spacial score (nSPS) is 35.0. The minimum atomic E-state index is -3.52. The molecular weight excluding hydrogens is 1730 g/mol. The molecule has 2 amide bonds. The molecule has 738 valence electrons. The standard InChI is InChI=1S/C84H148N4O39.2Na/c1-6-8-10-12-14-16-18-20-21-23-25-27-29-31-33-35-58(103)88-48(49(98)34-32-30-28-26-24-22-19-17-15-13-11-9-7-2)44-116-78-67(109)66(108)70(56(42-93)119-78)121-80-69(111)76(127-84(82(114)115)37-51(100)60(86-46(4)96)74(125-84)63(105)53(102)39-90)71(57(43-94)120-80)122-77-61(87-47(5)97)72(64(106)54(40-91)117-77)123-79-68(110)75(65(107)55(41-92)118-79)126-83(81(112)113)36-50(99)59(85-45(3)95)73(124-83)62(104)52(101)38-89;;/h32,34,48-57,59-80,89-94,98-102,104-111H,6-31,33,35-44H2,1-5H3,(H,85,95)(H,86,96)(H,87,97)(H,88,103)(H,112,113)(H,114,115);;/q;2*+1/p-2/b34-32+;;/t48-,49+,50-,51-,52+,53+,54+,55+,56+,57+,59+,60+,61+,62+,63+,64-,65-,66+,67+,68+,69+,70+,71-,72+,73+,74+,75-,76+,77-,78+,79-,80-,83-,84-;;/m0../s1. The van der Waals surface area contributed by atoms with Gasteiger partial charge in [0.25, 0.3) is 11.6 Å². The van der Waals surface area contributed by atoms with Crippen molar-refractivity contribution in [2.24, 2.45) is 9.98 Å². The Morgan fingerprint density at radius 1 is 0.457 bits per heavy atom. The van der Waals surface area contributed by atoms with Crippen LogP contribution < -0.4 is 80.0 Å². The summed E-state index contributed by atoms with van der Waals surface area (Å²) < 4.78 is 72.2. The molecule has 34 atom stereocenters. The molecule has 6 saturated heterocycles. The Balaban J connectivity index is 0.0000174. The van der Waals surface area contributed by atoms with Crippen molar-refractivity contribution in [2.45, 2.75) is 435 Å². The number of carbonyl (C=O) groups is 4. The smallest absolute Gasteiger partial charge is 0.862 e. The van der Waals surface area contributed by atoms with Gasteiger partial charge in [-0.05, 0) is 44.9 Å². The molecule has 129 heavy (non-hydrogen) atoms. The topological polar surface area (TPSA) is 699 Å². The van der Waals surface area contributed by atoms with Crippen LogP contribution >= 0.6 is 0 Å². The Labute approximate surface area is 796 Å². The largest absolute Gasteiger partial charge is 1.00 e. The SMILES string of the molecule is CCCCCCCCCCCCC/C=C/[C@@H](O)[C@H](CO[C@@H]1O[C@H](CO)[C@@H](O[C@@H]2O[C@H](CO)[C@H](O[C@@H]3O[C@H](CO)[C@H](O)[C@H](O[C@@H]4O[C@H](CO)[C@H](O)[C@H](O[C@]5(C(=O)O)C[C@H](O)[C@@H](N=C(C)[O-])[C@H]([C@H](O)[C@H](O)CO)O5)[C@H]4O)[C@H]3NC(C)=O)[C@H](O[C@]3(C(=O)O)C[C@H](O)[C@@H](N=C(C)[O-])[C@H]([C@H](O)[C@H](O)CO)O3)[C@H]2O)[C@H](O)[C@H]1O)NC(=O)CCCCCCCCCCCCCCCCC.[Na+].[Na+]. The van der Waals surface area contributed by atoms with Gasteiger partial charge in [0.05, 0.1) is 70.6 Å². The third-order valence-corrected chi connectivity index (χ3v) is 23.9. The number of allylic oxidation sites excluding steroid dienone is 1. The van der Waals surface area contributed by atoms with E-state index < -0.39 is 302 Å². The van der Waals surface area contributed by atoms with Gasteiger partial charge >= 0.3 is 71.1 Å². The number of nitrogens with one attached hydrogen (secondary N) is 2. The minimum absolute atomic E-state index is 0. The van der Waals surface area contributed by atoms with Crippen LogP contribution in [-0.4, -0.2) is 396 Å². The number of unbranched alkanes of at least 4 members (excludes halogenated alkanes) is 25.